The number of sulfone groups is 1. The number of rotatable bonds is 3. The van der Waals surface area contributed by atoms with Crippen LogP contribution in [-0.4, -0.2) is 13.5 Å². The van der Waals surface area contributed by atoms with E-state index in [2.05, 4.69) is 0 Å². The van der Waals surface area contributed by atoms with Crippen LogP contribution < -0.4 is 0 Å². The molecule has 0 saturated heterocycles. The van der Waals surface area contributed by atoms with Crippen LogP contribution in [-0.2, 0) is 9.84 Å². The van der Waals surface area contributed by atoms with Crippen LogP contribution in [0.3, 0.4) is 0 Å². The maximum atomic E-state index is 12.3. The van der Waals surface area contributed by atoms with Gasteiger partial charge in [-0.3, -0.25) is 0 Å². The standard InChI is InChI=1S/C15H11NO3S/c16-11-15(10-12-5-4-6-13(17)9-12)20(18,19)14-7-2-1-3-8-14/h1-10,17H. The number of hydrogen-bond acceptors (Lipinski definition) is 4. The summed E-state index contributed by atoms with van der Waals surface area (Å²) in [5.41, 5.74) is 0.445. The van der Waals surface area contributed by atoms with Gasteiger partial charge >= 0.3 is 0 Å². The van der Waals surface area contributed by atoms with Crippen LogP contribution in [0.4, 0.5) is 0 Å². The monoisotopic (exact) mass is 285 g/mol. The fraction of sp³-hybridized carbons (Fsp3) is 0. The van der Waals surface area contributed by atoms with Crippen molar-refractivity contribution < 1.29 is 13.5 Å². The lowest BCUT2D eigenvalue weighted by atomic mass is 10.2. The number of hydrogen-bond donors (Lipinski definition) is 1. The molecule has 2 aromatic carbocycles. The van der Waals surface area contributed by atoms with E-state index in [-0.39, 0.29) is 15.6 Å². The Kier molecular flexibility index (Phi) is 3.87. The number of phenols is 1. The number of benzene rings is 2. The van der Waals surface area contributed by atoms with E-state index in [0.717, 1.165) is 0 Å². The largest absolute Gasteiger partial charge is 0.508 e. The molecule has 100 valence electrons. The Morgan fingerprint density at radius 1 is 1.10 bits per heavy atom. The zero-order valence-electron chi connectivity index (χ0n) is 10.4. The quantitative estimate of drug-likeness (QED) is 0.879. The molecule has 0 amide bonds. The predicted molar refractivity (Wildman–Crippen MR) is 75.3 cm³/mol. The highest BCUT2D eigenvalue weighted by Gasteiger charge is 2.20. The Balaban J connectivity index is 2.51. The van der Waals surface area contributed by atoms with Crippen LogP contribution >= 0.6 is 0 Å². The molecule has 0 aliphatic carbocycles. The molecular formula is C15H11NO3S. The van der Waals surface area contributed by atoms with Crippen LogP contribution in [0.1, 0.15) is 5.56 Å². The van der Waals surface area contributed by atoms with Gasteiger partial charge in [-0.15, -0.1) is 0 Å². The average molecular weight is 285 g/mol. The van der Waals surface area contributed by atoms with Crippen molar-refractivity contribution in [2.75, 3.05) is 0 Å². The first kappa shape index (κ1) is 13.8. The predicted octanol–water partition coefficient (Wildman–Crippen LogP) is 2.73. The Labute approximate surface area is 117 Å². The van der Waals surface area contributed by atoms with Crippen molar-refractivity contribution in [3.8, 4) is 11.8 Å². The van der Waals surface area contributed by atoms with Gasteiger partial charge in [-0.05, 0) is 35.9 Å². The molecule has 0 radical (unpaired) electrons. The first-order chi connectivity index (χ1) is 9.54. The van der Waals surface area contributed by atoms with E-state index in [1.165, 1.54) is 30.3 Å². The van der Waals surface area contributed by atoms with Crippen LogP contribution in [0.25, 0.3) is 6.08 Å². The van der Waals surface area contributed by atoms with Crippen LogP contribution in [0, 0.1) is 11.3 Å². The summed E-state index contributed by atoms with van der Waals surface area (Å²) >= 11 is 0. The molecule has 0 fully saturated rings. The van der Waals surface area contributed by atoms with Crippen LogP contribution in [0.15, 0.2) is 64.4 Å². The van der Waals surface area contributed by atoms with E-state index in [0.29, 0.717) is 5.56 Å². The molecule has 0 spiro atoms. The maximum absolute atomic E-state index is 12.3. The van der Waals surface area contributed by atoms with Crippen LogP contribution in [0.2, 0.25) is 0 Å². The van der Waals surface area contributed by atoms with Crippen molar-refractivity contribution in [1.82, 2.24) is 0 Å². The van der Waals surface area contributed by atoms with Crippen molar-refractivity contribution >= 4 is 15.9 Å². The molecule has 20 heavy (non-hydrogen) atoms. The smallest absolute Gasteiger partial charge is 0.216 e. The van der Waals surface area contributed by atoms with Gasteiger partial charge in [0.05, 0.1) is 4.90 Å². The Hall–Kier alpha value is -2.58. The lowest BCUT2D eigenvalue weighted by molar-refractivity contribution is 0.475. The first-order valence-electron chi connectivity index (χ1n) is 5.75. The fourth-order valence-corrected chi connectivity index (χ4v) is 2.84. The third kappa shape index (κ3) is 2.87. The van der Waals surface area contributed by atoms with Crippen molar-refractivity contribution in [2.45, 2.75) is 4.90 Å². The zero-order chi connectivity index (χ0) is 14.6. The summed E-state index contributed by atoms with van der Waals surface area (Å²) in [6.07, 6.45) is 1.24. The van der Waals surface area contributed by atoms with E-state index >= 15 is 0 Å². The van der Waals surface area contributed by atoms with Gasteiger partial charge in [-0.2, -0.15) is 5.26 Å². The van der Waals surface area contributed by atoms with E-state index < -0.39 is 9.84 Å². The molecule has 0 atom stereocenters. The molecular weight excluding hydrogens is 274 g/mol. The fourth-order valence-electron chi connectivity index (χ4n) is 1.66. The second-order valence-electron chi connectivity index (χ2n) is 4.03. The van der Waals surface area contributed by atoms with Crippen LogP contribution in [0.5, 0.6) is 5.75 Å². The molecule has 0 saturated carbocycles. The Bertz CT molecular complexity index is 787. The number of aromatic hydroxyl groups is 1. The highest BCUT2D eigenvalue weighted by Crippen LogP contribution is 2.22. The molecule has 0 unspecified atom stereocenters. The van der Waals surface area contributed by atoms with Gasteiger partial charge in [0, 0.05) is 0 Å². The van der Waals surface area contributed by atoms with E-state index in [1.807, 2.05) is 0 Å². The average Bonchev–Trinajstić information content (AvgIpc) is 2.45. The summed E-state index contributed by atoms with van der Waals surface area (Å²) in [5, 5.41) is 18.5. The molecule has 0 bridgehead atoms. The zero-order valence-corrected chi connectivity index (χ0v) is 11.2. The van der Waals surface area contributed by atoms with Gasteiger partial charge in [-0.25, -0.2) is 8.42 Å². The maximum Gasteiger partial charge on any atom is 0.216 e. The minimum absolute atomic E-state index is 0.00755. The van der Waals surface area contributed by atoms with E-state index in [1.54, 1.807) is 36.4 Å². The molecule has 2 aromatic rings. The number of allylic oxidation sites excluding steroid dienone is 1. The summed E-state index contributed by atoms with van der Waals surface area (Å²) in [6, 6.07) is 15.5. The van der Waals surface area contributed by atoms with Crippen molar-refractivity contribution in [1.29, 1.82) is 5.26 Å². The van der Waals surface area contributed by atoms with Gasteiger partial charge in [0.1, 0.15) is 16.7 Å². The SMILES string of the molecule is N#CC(=Cc1cccc(O)c1)S(=O)(=O)c1ccccc1. The summed E-state index contributed by atoms with van der Waals surface area (Å²) in [7, 11) is -3.84. The van der Waals surface area contributed by atoms with E-state index in [4.69, 9.17) is 5.26 Å². The van der Waals surface area contributed by atoms with Gasteiger partial charge in [0.2, 0.25) is 9.84 Å². The van der Waals surface area contributed by atoms with Gasteiger partial charge < -0.3 is 5.11 Å². The van der Waals surface area contributed by atoms with Crippen molar-refractivity contribution in [3.05, 3.63) is 65.1 Å². The molecule has 1 N–H and O–H groups in total. The highest BCUT2D eigenvalue weighted by atomic mass is 32.2. The number of nitrogens with zero attached hydrogens (tertiary/aromatic N) is 1. The van der Waals surface area contributed by atoms with E-state index in [9.17, 15) is 13.5 Å². The third-order valence-electron chi connectivity index (χ3n) is 2.62. The third-order valence-corrected chi connectivity index (χ3v) is 4.30. The van der Waals surface area contributed by atoms with Gasteiger partial charge in [0.15, 0.2) is 0 Å². The summed E-state index contributed by atoms with van der Waals surface area (Å²) in [5.74, 6) is 0.00755. The summed E-state index contributed by atoms with van der Waals surface area (Å²) in [4.78, 5) is -0.303. The molecule has 2 rings (SSSR count). The lowest BCUT2D eigenvalue weighted by Gasteiger charge is -2.03. The molecule has 5 heteroatoms. The number of phenolic OH excluding ortho intramolecular Hbond substituents is 1. The Morgan fingerprint density at radius 2 is 1.80 bits per heavy atom. The molecule has 0 heterocycles. The first-order valence-corrected chi connectivity index (χ1v) is 7.23. The molecule has 4 nitrogen and oxygen atoms in total. The highest BCUT2D eigenvalue weighted by molar-refractivity contribution is 7.95. The summed E-state index contributed by atoms with van der Waals surface area (Å²) in [6.45, 7) is 0. The normalized spacial score (nSPS) is 11.8. The molecule has 0 aliphatic heterocycles. The van der Waals surface area contributed by atoms with Crippen molar-refractivity contribution in [2.24, 2.45) is 0 Å². The second-order valence-corrected chi connectivity index (χ2v) is 5.95. The minimum Gasteiger partial charge on any atom is -0.508 e. The van der Waals surface area contributed by atoms with Crippen molar-refractivity contribution in [3.63, 3.8) is 0 Å². The number of nitriles is 1. The lowest BCUT2D eigenvalue weighted by Crippen LogP contribution is -2.03. The Morgan fingerprint density at radius 3 is 2.40 bits per heavy atom. The topological polar surface area (TPSA) is 78.2 Å². The molecule has 0 aliphatic rings. The van der Waals surface area contributed by atoms with Gasteiger partial charge in [0.25, 0.3) is 0 Å². The second kappa shape index (κ2) is 5.59. The summed E-state index contributed by atoms with van der Waals surface area (Å²) < 4.78 is 24.6. The minimum atomic E-state index is -3.84. The van der Waals surface area contributed by atoms with Gasteiger partial charge in [-0.1, -0.05) is 30.3 Å². The molecule has 0 aromatic heterocycles.